The Bertz CT molecular complexity index is 790. The van der Waals surface area contributed by atoms with Crippen molar-refractivity contribution in [3.8, 4) is 0 Å². The van der Waals surface area contributed by atoms with Crippen LogP contribution in [0.3, 0.4) is 0 Å². The molecule has 0 spiro atoms. The first-order chi connectivity index (χ1) is 13.1. The predicted molar refractivity (Wildman–Crippen MR) is 104 cm³/mol. The number of carbonyl (C=O) groups is 2. The highest BCUT2D eigenvalue weighted by Crippen LogP contribution is 2.19. The minimum Gasteiger partial charge on any atom is -0.467 e. The second kappa shape index (κ2) is 8.96. The molecule has 27 heavy (non-hydrogen) atoms. The summed E-state index contributed by atoms with van der Waals surface area (Å²) in [5.41, 5.74) is 1.01. The Balaban J connectivity index is 1.73. The normalized spacial score (nSPS) is 15.1. The molecule has 1 saturated heterocycles. The monoisotopic (exact) mass is 433 g/mol. The van der Waals surface area contributed by atoms with Crippen LogP contribution in [-0.2, 0) is 14.3 Å². The zero-order valence-electron chi connectivity index (χ0n) is 14.9. The number of rotatable bonds is 5. The van der Waals surface area contributed by atoms with E-state index in [-0.39, 0.29) is 0 Å². The number of amides is 1. The average Bonchev–Trinajstić information content (AvgIpc) is 2.73. The number of aromatic nitrogens is 1. The summed E-state index contributed by atoms with van der Waals surface area (Å²) in [5.74, 6) is -0.134. The summed E-state index contributed by atoms with van der Waals surface area (Å²) in [6.45, 7) is 2.87. The first kappa shape index (κ1) is 19.3. The highest BCUT2D eigenvalue weighted by atomic mass is 79.9. The molecule has 8 heteroatoms. The van der Waals surface area contributed by atoms with Crippen molar-refractivity contribution < 1.29 is 19.1 Å². The van der Waals surface area contributed by atoms with Gasteiger partial charge in [0.1, 0.15) is 5.82 Å². The maximum atomic E-state index is 12.6. The molecule has 1 N–H and O–H groups in total. The van der Waals surface area contributed by atoms with Crippen molar-refractivity contribution in [3.63, 3.8) is 0 Å². The van der Waals surface area contributed by atoms with E-state index in [4.69, 9.17) is 9.47 Å². The van der Waals surface area contributed by atoms with Gasteiger partial charge >= 0.3 is 5.97 Å². The molecular weight excluding hydrogens is 414 g/mol. The van der Waals surface area contributed by atoms with Crippen LogP contribution in [0.4, 0.5) is 5.82 Å². The number of nitrogens with zero attached hydrogens (tertiary/aromatic N) is 2. The molecule has 1 fully saturated rings. The SMILES string of the molecule is COC(=O)[C@H](NC(=O)c1ccc(N2CCOCC2)nc1)c1ccc(Br)cc1. The Hall–Kier alpha value is -2.45. The van der Waals surface area contributed by atoms with Crippen LogP contribution in [0.15, 0.2) is 47.1 Å². The first-order valence-corrected chi connectivity index (χ1v) is 9.30. The van der Waals surface area contributed by atoms with E-state index in [0.29, 0.717) is 24.3 Å². The zero-order valence-corrected chi connectivity index (χ0v) is 16.4. The van der Waals surface area contributed by atoms with Gasteiger partial charge in [0.2, 0.25) is 0 Å². The molecule has 7 nitrogen and oxygen atoms in total. The fourth-order valence-corrected chi connectivity index (χ4v) is 3.03. The number of benzene rings is 1. The number of halogens is 1. The van der Waals surface area contributed by atoms with Gasteiger partial charge in [-0.25, -0.2) is 9.78 Å². The van der Waals surface area contributed by atoms with Crippen LogP contribution in [-0.4, -0.2) is 50.3 Å². The molecule has 2 aromatic rings. The number of hydrogen-bond donors (Lipinski definition) is 1. The molecule has 142 valence electrons. The maximum Gasteiger partial charge on any atom is 0.333 e. The van der Waals surface area contributed by atoms with Gasteiger partial charge in [0.25, 0.3) is 5.91 Å². The van der Waals surface area contributed by atoms with Crippen LogP contribution in [0.2, 0.25) is 0 Å². The standard InChI is InChI=1S/C19H20BrN3O4/c1-26-19(25)17(13-2-5-15(20)6-3-13)22-18(24)14-4-7-16(21-12-14)23-8-10-27-11-9-23/h2-7,12,17H,8-11H2,1H3,(H,22,24)/t17-/m1/s1. The third-order valence-corrected chi connectivity index (χ3v) is 4.79. The van der Waals surface area contributed by atoms with Crippen molar-refractivity contribution >= 4 is 33.6 Å². The van der Waals surface area contributed by atoms with Crippen LogP contribution >= 0.6 is 15.9 Å². The minimum atomic E-state index is -0.894. The van der Waals surface area contributed by atoms with E-state index in [1.165, 1.54) is 13.3 Å². The van der Waals surface area contributed by atoms with Crippen molar-refractivity contribution in [2.75, 3.05) is 38.3 Å². The van der Waals surface area contributed by atoms with E-state index in [0.717, 1.165) is 23.4 Å². The fraction of sp³-hybridized carbons (Fsp3) is 0.316. The van der Waals surface area contributed by atoms with Crippen molar-refractivity contribution in [3.05, 3.63) is 58.2 Å². The molecule has 1 amide bonds. The molecule has 3 rings (SSSR count). The van der Waals surface area contributed by atoms with Gasteiger partial charge in [-0.05, 0) is 29.8 Å². The molecular formula is C19H20BrN3O4. The molecule has 1 atom stereocenters. The lowest BCUT2D eigenvalue weighted by atomic mass is 10.1. The molecule has 2 heterocycles. The van der Waals surface area contributed by atoms with E-state index >= 15 is 0 Å². The van der Waals surface area contributed by atoms with Crippen LogP contribution in [0.25, 0.3) is 0 Å². The molecule has 1 aliphatic rings. The topological polar surface area (TPSA) is 80.8 Å². The Labute approximate surface area is 165 Å². The first-order valence-electron chi connectivity index (χ1n) is 8.51. The summed E-state index contributed by atoms with van der Waals surface area (Å²) in [5, 5.41) is 2.72. The average molecular weight is 434 g/mol. The largest absolute Gasteiger partial charge is 0.467 e. The van der Waals surface area contributed by atoms with E-state index in [1.54, 1.807) is 36.4 Å². The number of carbonyl (C=O) groups excluding carboxylic acids is 2. The summed E-state index contributed by atoms with van der Waals surface area (Å²) in [7, 11) is 1.29. The van der Waals surface area contributed by atoms with E-state index in [2.05, 4.69) is 31.1 Å². The van der Waals surface area contributed by atoms with Crippen molar-refractivity contribution in [1.29, 1.82) is 0 Å². The number of hydrogen-bond acceptors (Lipinski definition) is 6. The summed E-state index contributed by atoms with van der Waals surface area (Å²) in [6.07, 6.45) is 1.51. The Kier molecular flexibility index (Phi) is 6.41. The number of esters is 1. The lowest BCUT2D eigenvalue weighted by Crippen LogP contribution is -2.37. The van der Waals surface area contributed by atoms with Crippen LogP contribution in [0.5, 0.6) is 0 Å². The fourth-order valence-electron chi connectivity index (χ4n) is 2.77. The Morgan fingerprint density at radius 1 is 1.19 bits per heavy atom. The zero-order chi connectivity index (χ0) is 19.2. The van der Waals surface area contributed by atoms with Gasteiger partial charge in [0.15, 0.2) is 6.04 Å². The molecule has 0 bridgehead atoms. The second-order valence-electron chi connectivity index (χ2n) is 5.99. The van der Waals surface area contributed by atoms with Crippen LogP contribution in [0.1, 0.15) is 22.0 Å². The third-order valence-electron chi connectivity index (χ3n) is 4.26. The number of anilines is 1. The van der Waals surface area contributed by atoms with Crippen molar-refractivity contribution in [1.82, 2.24) is 10.3 Å². The van der Waals surface area contributed by atoms with Gasteiger partial charge in [0, 0.05) is 23.8 Å². The Morgan fingerprint density at radius 3 is 2.48 bits per heavy atom. The van der Waals surface area contributed by atoms with Gasteiger partial charge in [-0.3, -0.25) is 4.79 Å². The summed E-state index contributed by atoms with van der Waals surface area (Å²) in [4.78, 5) is 31.2. The molecule has 0 saturated carbocycles. The number of ether oxygens (including phenoxy) is 2. The molecule has 1 aromatic heterocycles. The molecule has 0 aliphatic carbocycles. The van der Waals surface area contributed by atoms with Gasteiger partial charge in [0.05, 0.1) is 25.9 Å². The predicted octanol–water partition coefficient (Wildman–Crippen LogP) is 2.32. The Morgan fingerprint density at radius 2 is 1.89 bits per heavy atom. The van der Waals surface area contributed by atoms with Crippen molar-refractivity contribution in [2.45, 2.75) is 6.04 Å². The molecule has 0 radical (unpaired) electrons. The lowest BCUT2D eigenvalue weighted by molar-refractivity contribution is -0.143. The second-order valence-corrected chi connectivity index (χ2v) is 6.90. The van der Waals surface area contributed by atoms with Crippen LogP contribution < -0.4 is 10.2 Å². The lowest BCUT2D eigenvalue weighted by Gasteiger charge is -2.27. The highest BCUT2D eigenvalue weighted by molar-refractivity contribution is 9.10. The van der Waals surface area contributed by atoms with E-state index in [1.807, 2.05) is 0 Å². The smallest absolute Gasteiger partial charge is 0.333 e. The summed E-state index contributed by atoms with van der Waals surface area (Å²) < 4.78 is 11.0. The summed E-state index contributed by atoms with van der Waals surface area (Å²) in [6, 6.07) is 9.72. The van der Waals surface area contributed by atoms with Crippen molar-refractivity contribution in [2.24, 2.45) is 0 Å². The van der Waals surface area contributed by atoms with Gasteiger partial charge in [-0.2, -0.15) is 0 Å². The van der Waals surface area contributed by atoms with Crippen LogP contribution in [0, 0.1) is 0 Å². The number of methoxy groups -OCH3 is 1. The quantitative estimate of drug-likeness (QED) is 0.728. The van der Waals surface area contributed by atoms with Gasteiger partial charge < -0.3 is 19.7 Å². The molecule has 0 unspecified atom stereocenters. The van der Waals surface area contributed by atoms with Gasteiger partial charge in [-0.1, -0.05) is 28.1 Å². The third kappa shape index (κ3) is 4.84. The maximum absolute atomic E-state index is 12.6. The number of pyridine rings is 1. The minimum absolute atomic E-state index is 0.373. The number of morpholine rings is 1. The number of nitrogens with one attached hydrogen (secondary N) is 1. The summed E-state index contributed by atoms with van der Waals surface area (Å²) >= 11 is 3.35. The molecule has 1 aromatic carbocycles. The van der Waals surface area contributed by atoms with E-state index < -0.39 is 17.9 Å². The molecule has 1 aliphatic heterocycles. The van der Waals surface area contributed by atoms with E-state index in [9.17, 15) is 9.59 Å². The van der Waals surface area contributed by atoms with Gasteiger partial charge in [-0.15, -0.1) is 0 Å². The highest BCUT2D eigenvalue weighted by Gasteiger charge is 2.24.